The summed E-state index contributed by atoms with van der Waals surface area (Å²) in [6.07, 6.45) is 3.29. The van der Waals surface area contributed by atoms with Gasteiger partial charge in [0.1, 0.15) is 0 Å². The third-order valence-corrected chi connectivity index (χ3v) is 3.80. The number of rotatable bonds is 3. The van der Waals surface area contributed by atoms with Crippen molar-refractivity contribution in [1.82, 2.24) is 0 Å². The predicted octanol–water partition coefficient (Wildman–Crippen LogP) is 2.32. The summed E-state index contributed by atoms with van der Waals surface area (Å²) in [7, 11) is 0. The molecule has 3 rings (SSSR count). The van der Waals surface area contributed by atoms with E-state index in [-0.39, 0.29) is 5.91 Å². The van der Waals surface area contributed by atoms with Crippen molar-refractivity contribution in [2.24, 2.45) is 5.73 Å². The number of fused-ring (bicyclic) bond motifs is 1. The fourth-order valence-electron chi connectivity index (χ4n) is 2.68. The Labute approximate surface area is 128 Å². The zero-order chi connectivity index (χ0) is 15.5. The highest BCUT2D eigenvalue weighted by Gasteiger charge is 2.34. The molecule has 1 aliphatic heterocycles. The average molecular weight is 292 g/mol. The summed E-state index contributed by atoms with van der Waals surface area (Å²) in [5.74, 6) is -1.000. The molecular formula is C18H16N2O2. The normalized spacial score (nSPS) is 16.7. The molecule has 0 saturated carbocycles. The van der Waals surface area contributed by atoms with Crippen LogP contribution in [0.4, 0.5) is 5.69 Å². The Morgan fingerprint density at radius 1 is 1.05 bits per heavy atom. The van der Waals surface area contributed by atoms with Gasteiger partial charge in [0.05, 0.1) is 5.92 Å². The summed E-state index contributed by atoms with van der Waals surface area (Å²) in [6, 6.07) is 17.0. The molecule has 0 aromatic heterocycles. The molecule has 2 aromatic carbocycles. The molecule has 1 aliphatic rings. The van der Waals surface area contributed by atoms with Gasteiger partial charge in [-0.25, -0.2) is 0 Å². The molecular weight excluding hydrogens is 276 g/mol. The van der Waals surface area contributed by atoms with Crippen LogP contribution in [-0.2, 0) is 9.59 Å². The minimum absolute atomic E-state index is 0.153. The van der Waals surface area contributed by atoms with Gasteiger partial charge in [-0.2, -0.15) is 0 Å². The highest BCUT2D eigenvalue weighted by Crippen LogP contribution is 2.36. The summed E-state index contributed by atoms with van der Waals surface area (Å²) in [6.45, 7) is 0.298. The van der Waals surface area contributed by atoms with Crippen LogP contribution in [0, 0.1) is 0 Å². The van der Waals surface area contributed by atoms with E-state index in [0.29, 0.717) is 6.54 Å². The molecule has 4 heteroatoms. The van der Waals surface area contributed by atoms with Crippen molar-refractivity contribution in [3.8, 4) is 0 Å². The maximum Gasteiger partial charge on any atom is 0.251 e. The molecule has 1 unspecified atom stereocenters. The first-order chi connectivity index (χ1) is 10.7. The van der Waals surface area contributed by atoms with E-state index in [1.807, 2.05) is 54.6 Å². The van der Waals surface area contributed by atoms with Gasteiger partial charge in [0.2, 0.25) is 5.91 Å². The fraction of sp³-hybridized carbons (Fsp3) is 0.111. The van der Waals surface area contributed by atoms with Gasteiger partial charge in [-0.1, -0.05) is 48.5 Å². The number of carbonyl (C=O) groups excluding carboxylic acids is 2. The first-order valence-electron chi connectivity index (χ1n) is 7.09. The first kappa shape index (κ1) is 14.1. The quantitative estimate of drug-likeness (QED) is 0.882. The number of benzene rings is 2. The van der Waals surface area contributed by atoms with Gasteiger partial charge in [0.15, 0.2) is 0 Å². The molecule has 1 atom stereocenters. The number of amides is 2. The molecule has 4 nitrogen and oxygen atoms in total. The minimum Gasteiger partial charge on any atom is -0.369 e. The standard InChI is InChI=1S/C18H16N2O2/c19-18(22)15-12-20(16-9-5-4-8-14(15)16)17(21)11-10-13-6-2-1-3-7-13/h1-11,15H,12H2,(H2,19,22)/b11-10+. The lowest BCUT2D eigenvalue weighted by Gasteiger charge is -2.15. The van der Waals surface area contributed by atoms with E-state index >= 15 is 0 Å². The molecule has 0 bridgehead atoms. The van der Waals surface area contributed by atoms with Crippen molar-refractivity contribution in [3.63, 3.8) is 0 Å². The van der Waals surface area contributed by atoms with Crippen LogP contribution in [0.2, 0.25) is 0 Å². The molecule has 1 heterocycles. The van der Waals surface area contributed by atoms with E-state index in [2.05, 4.69) is 0 Å². The number of nitrogens with zero attached hydrogens (tertiary/aromatic N) is 1. The zero-order valence-corrected chi connectivity index (χ0v) is 12.0. The lowest BCUT2D eigenvalue weighted by molar-refractivity contribution is -0.119. The third kappa shape index (κ3) is 2.63. The number of nitrogens with two attached hydrogens (primary N) is 1. The van der Waals surface area contributed by atoms with Gasteiger partial charge in [0, 0.05) is 18.3 Å². The number of hydrogen-bond donors (Lipinski definition) is 1. The van der Waals surface area contributed by atoms with Crippen LogP contribution in [-0.4, -0.2) is 18.4 Å². The zero-order valence-electron chi connectivity index (χ0n) is 12.0. The first-order valence-corrected chi connectivity index (χ1v) is 7.09. The van der Waals surface area contributed by atoms with Gasteiger partial charge in [-0.05, 0) is 23.3 Å². The van der Waals surface area contributed by atoms with E-state index in [1.54, 1.807) is 11.0 Å². The van der Waals surface area contributed by atoms with Crippen molar-refractivity contribution in [2.45, 2.75) is 5.92 Å². The summed E-state index contributed by atoms with van der Waals surface area (Å²) < 4.78 is 0. The molecule has 0 fully saturated rings. The molecule has 2 aromatic rings. The largest absolute Gasteiger partial charge is 0.369 e. The SMILES string of the molecule is NC(=O)C1CN(C(=O)/C=C/c2ccccc2)c2ccccc21. The molecule has 110 valence electrons. The molecule has 0 radical (unpaired) electrons. The Bertz CT molecular complexity index is 738. The number of primary amides is 1. The van der Waals surface area contributed by atoms with E-state index in [0.717, 1.165) is 16.8 Å². The maximum atomic E-state index is 12.4. The Morgan fingerprint density at radius 3 is 2.45 bits per heavy atom. The molecule has 0 spiro atoms. The summed E-state index contributed by atoms with van der Waals surface area (Å²) in [5, 5.41) is 0. The maximum absolute atomic E-state index is 12.4. The Morgan fingerprint density at radius 2 is 1.73 bits per heavy atom. The second-order valence-electron chi connectivity index (χ2n) is 5.21. The van der Waals surface area contributed by atoms with Crippen LogP contribution in [0.5, 0.6) is 0 Å². The van der Waals surface area contributed by atoms with Crippen molar-refractivity contribution >= 4 is 23.6 Å². The van der Waals surface area contributed by atoms with Crippen LogP contribution < -0.4 is 10.6 Å². The Kier molecular flexibility index (Phi) is 3.74. The summed E-state index contributed by atoms with van der Waals surface area (Å²) in [5.41, 5.74) is 7.97. The fourth-order valence-corrected chi connectivity index (χ4v) is 2.68. The van der Waals surface area contributed by atoms with Crippen LogP contribution in [0.3, 0.4) is 0 Å². The Balaban J connectivity index is 1.85. The van der Waals surface area contributed by atoms with E-state index in [9.17, 15) is 9.59 Å². The minimum atomic E-state index is -0.440. The number of hydrogen-bond acceptors (Lipinski definition) is 2. The monoisotopic (exact) mass is 292 g/mol. The molecule has 2 N–H and O–H groups in total. The van der Waals surface area contributed by atoms with Gasteiger partial charge in [-0.3, -0.25) is 9.59 Å². The third-order valence-electron chi connectivity index (χ3n) is 3.80. The number of para-hydroxylation sites is 1. The van der Waals surface area contributed by atoms with E-state index in [4.69, 9.17) is 5.73 Å². The van der Waals surface area contributed by atoms with Gasteiger partial charge < -0.3 is 10.6 Å². The molecule has 2 amide bonds. The van der Waals surface area contributed by atoms with Crippen LogP contribution in [0.15, 0.2) is 60.7 Å². The average Bonchev–Trinajstić information content (AvgIpc) is 2.93. The Hall–Kier alpha value is -2.88. The molecule has 22 heavy (non-hydrogen) atoms. The van der Waals surface area contributed by atoms with E-state index < -0.39 is 11.8 Å². The lowest BCUT2D eigenvalue weighted by Crippen LogP contribution is -2.31. The number of carbonyl (C=O) groups is 2. The highest BCUT2D eigenvalue weighted by atomic mass is 16.2. The molecule has 0 saturated heterocycles. The highest BCUT2D eigenvalue weighted by molar-refractivity contribution is 6.07. The van der Waals surface area contributed by atoms with Crippen molar-refractivity contribution in [2.75, 3.05) is 11.4 Å². The summed E-state index contributed by atoms with van der Waals surface area (Å²) in [4.78, 5) is 25.6. The number of anilines is 1. The van der Waals surface area contributed by atoms with Crippen LogP contribution >= 0.6 is 0 Å². The second kappa shape index (κ2) is 5.85. The predicted molar refractivity (Wildman–Crippen MR) is 86.2 cm³/mol. The smallest absolute Gasteiger partial charge is 0.251 e. The van der Waals surface area contributed by atoms with E-state index in [1.165, 1.54) is 6.08 Å². The van der Waals surface area contributed by atoms with Gasteiger partial charge in [0.25, 0.3) is 5.91 Å². The van der Waals surface area contributed by atoms with Crippen molar-refractivity contribution < 1.29 is 9.59 Å². The molecule has 0 aliphatic carbocycles. The summed E-state index contributed by atoms with van der Waals surface area (Å²) >= 11 is 0. The van der Waals surface area contributed by atoms with Crippen molar-refractivity contribution in [1.29, 1.82) is 0 Å². The topological polar surface area (TPSA) is 63.4 Å². The van der Waals surface area contributed by atoms with Crippen LogP contribution in [0.1, 0.15) is 17.0 Å². The second-order valence-corrected chi connectivity index (χ2v) is 5.21. The van der Waals surface area contributed by atoms with Gasteiger partial charge in [-0.15, -0.1) is 0 Å². The lowest BCUT2D eigenvalue weighted by atomic mass is 10.0. The van der Waals surface area contributed by atoms with Gasteiger partial charge >= 0.3 is 0 Å². The van der Waals surface area contributed by atoms with Crippen LogP contribution in [0.25, 0.3) is 6.08 Å². The van der Waals surface area contributed by atoms with Crippen molar-refractivity contribution in [3.05, 3.63) is 71.8 Å².